The molecule has 2 aliphatic rings. The lowest BCUT2D eigenvalue weighted by Gasteiger charge is -2.27. The Balaban J connectivity index is 2.05. The first-order valence-electron chi connectivity index (χ1n) is 8.05. The predicted octanol–water partition coefficient (Wildman–Crippen LogP) is 3.00. The van der Waals surface area contributed by atoms with Gasteiger partial charge < -0.3 is 10.0 Å². The summed E-state index contributed by atoms with van der Waals surface area (Å²) in [5.41, 5.74) is 2.98. The maximum Gasteiger partial charge on any atom is 0.332 e. The average Bonchev–Trinajstić information content (AvgIpc) is 3.13. The van der Waals surface area contributed by atoms with Crippen molar-refractivity contribution in [3.05, 3.63) is 22.7 Å². The van der Waals surface area contributed by atoms with Gasteiger partial charge in [-0.15, -0.1) is 0 Å². The van der Waals surface area contributed by atoms with E-state index < -0.39 is 5.97 Å². The Labute approximate surface area is 131 Å². The second kappa shape index (κ2) is 5.71. The van der Waals surface area contributed by atoms with Gasteiger partial charge in [-0.25, -0.2) is 14.8 Å². The second-order valence-corrected chi connectivity index (χ2v) is 6.60. The molecule has 5 nitrogen and oxygen atoms in total. The van der Waals surface area contributed by atoms with Gasteiger partial charge in [0.25, 0.3) is 0 Å². The number of aromatic nitrogens is 2. The highest BCUT2D eigenvalue weighted by molar-refractivity contribution is 5.94. The molecule has 0 amide bonds. The maximum atomic E-state index is 11.2. The van der Waals surface area contributed by atoms with Gasteiger partial charge in [-0.3, -0.25) is 0 Å². The third kappa shape index (κ3) is 2.60. The summed E-state index contributed by atoms with van der Waals surface area (Å²) in [6.07, 6.45) is 6.85. The number of rotatable bonds is 4. The van der Waals surface area contributed by atoms with Crippen molar-refractivity contribution < 1.29 is 9.90 Å². The molecule has 0 spiro atoms. The smallest absolute Gasteiger partial charge is 0.332 e. The fourth-order valence-electron chi connectivity index (χ4n) is 3.24. The summed E-state index contributed by atoms with van der Waals surface area (Å²) >= 11 is 0. The van der Waals surface area contributed by atoms with E-state index in [1.807, 2.05) is 7.05 Å². The molecule has 1 heterocycles. The van der Waals surface area contributed by atoms with Crippen molar-refractivity contribution in [3.8, 4) is 0 Å². The van der Waals surface area contributed by atoms with Crippen LogP contribution in [-0.2, 0) is 11.2 Å². The predicted molar refractivity (Wildman–Crippen MR) is 86.1 cm³/mol. The molecule has 0 radical (unpaired) electrons. The summed E-state index contributed by atoms with van der Waals surface area (Å²) < 4.78 is 0. The largest absolute Gasteiger partial charge is 0.478 e. The molecule has 1 aromatic heterocycles. The van der Waals surface area contributed by atoms with Gasteiger partial charge in [0.1, 0.15) is 0 Å². The van der Waals surface area contributed by atoms with Crippen LogP contribution in [-0.4, -0.2) is 34.1 Å². The number of hydrogen-bond donors (Lipinski definition) is 1. The van der Waals surface area contributed by atoms with Gasteiger partial charge in [0.15, 0.2) is 5.82 Å². The molecule has 0 aliphatic heterocycles. The zero-order chi connectivity index (χ0) is 15.9. The third-order valence-electron chi connectivity index (χ3n) is 4.80. The molecule has 1 fully saturated rings. The van der Waals surface area contributed by atoms with Crippen LogP contribution in [0.15, 0.2) is 5.57 Å². The minimum Gasteiger partial charge on any atom is -0.478 e. The Kier molecular flexibility index (Phi) is 3.89. The van der Waals surface area contributed by atoms with Crippen LogP contribution in [0.3, 0.4) is 0 Å². The highest BCUT2D eigenvalue weighted by Crippen LogP contribution is 2.39. The molecule has 0 atom stereocenters. The first kappa shape index (κ1) is 15.0. The molecule has 1 N–H and O–H groups in total. The number of carboxylic acids is 1. The Morgan fingerprint density at radius 1 is 1.32 bits per heavy atom. The van der Waals surface area contributed by atoms with Crippen LogP contribution in [0, 0.1) is 0 Å². The molecule has 3 rings (SSSR count). The molecular weight excluding hydrogens is 278 g/mol. The van der Waals surface area contributed by atoms with Crippen LogP contribution in [0.4, 0.5) is 5.82 Å². The van der Waals surface area contributed by atoms with Crippen LogP contribution in [0.5, 0.6) is 0 Å². The zero-order valence-corrected chi connectivity index (χ0v) is 13.5. The Hall–Kier alpha value is -1.91. The van der Waals surface area contributed by atoms with Crippen LogP contribution in [0.25, 0.3) is 6.08 Å². The zero-order valence-electron chi connectivity index (χ0n) is 13.5. The van der Waals surface area contributed by atoms with Crippen molar-refractivity contribution in [2.75, 3.05) is 11.9 Å². The highest BCUT2D eigenvalue weighted by Gasteiger charge is 2.29. The first-order valence-corrected chi connectivity index (χ1v) is 8.05. The molecule has 118 valence electrons. The van der Waals surface area contributed by atoms with Gasteiger partial charge in [0.2, 0.25) is 0 Å². The number of nitrogens with zero attached hydrogens (tertiary/aromatic N) is 3. The minimum absolute atomic E-state index is 0.334. The average molecular weight is 301 g/mol. The van der Waals surface area contributed by atoms with E-state index in [1.165, 1.54) is 12.8 Å². The third-order valence-corrected chi connectivity index (χ3v) is 4.80. The molecule has 2 aliphatic carbocycles. The fourth-order valence-corrected chi connectivity index (χ4v) is 3.24. The number of fused-ring (bicyclic) bond motifs is 1. The van der Waals surface area contributed by atoms with E-state index in [0.29, 0.717) is 24.0 Å². The van der Waals surface area contributed by atoms with Crippen LogP contribution in [0.2, 0.25) is 0 Å². The van der Waals surface area contributed by atoms with Crippen molar-refractivity contribution in [1.82, 2.24) is 9.97 Å². The fraction of sp³-hybridized carbons (Fsp3) is 0.588. The SMILES string of the molecule is CC(C)N(C)c1nc2c(nc1C1CCCC1)C=C(C(=O)O)C2. The summed E-state index contributed by atoms with van der Waals surface area (Å²) in [5.74, 6) is 0.512. The standard InChI is InChI=1S/C17H23N3O2/c1-10(2)20(3)16-15(11-6-4-5-7-11)18-13-8-12(17(21)22)9-14(13)19-16/h8,10-11H,4-7,9H2,1-3H3,(H,21,22). The van der Waals surface area contributed by atoms with Crippen LogP contribution < -0.4 is 4.90 Å². The van der Waals surface area contributed by atoms with Gasteiger partial charge in [0, 0.05) is 31.0 Å². The number of carboxylic acid groups (broad SMARTS) is 1. The normalized spacial score (nSPS) is 17.7. The van der Waals surface area contributed by atoms with Crippen molar-refractivity contribution in [2.24, 2.45) is 0 Å². The lowest BCUT2D eigenvalue weighted by Crippen LogP contribution is -2.29. The number of carbonyl (C=O) groups is 1. The summed E-state index contributed by atoms with van der Waals surface area (Å²) in [6, 6.07) is 0.334. The lowest BCUT2D eigenvalue weighted by atomic mass is 10.0. The quantitative estimate of drug-likeness (QED) is 0.926. The summed E-state index contributed by atoms with van der Waals surface area (Å²) in [4.78, 5) is 23.0. The van der Waals surface area contributed by atoms with E-state index in [9.17, 15) is 9.90 Å². The van der Waals surface area contributed by atoms with Crippen molar-refractivity contribution in [1.29, 1.82) is 0 Å². The molecule has 0 bridgehead atoms. The molecule has 0 unspecified atom stereocenters. The maximum absolute atomic E-state index is 11.2. The van der Waals surface area contributed by atoms with E-state index in [0.717, 1.165) is 35.7 Å². The van der Waals surface area contributed by atoms with Gasteiger partial charge >= 0.3 is 5.97 Å². The van der Waals surface area contributed by atoms with Gasteiger partial charge in [-0.05, 0) is 32.8 Å². The monoisotopic (exact) mass is 301 g/mol. The molecule has 22 heavy (non-hydrogen) atoms. The Morgan fingerprint density at radius 2 is 2.00 bits per heavy atom. The summed E-state index contributed by atoms with van der Waals surface area (Å²) in [6.45, 7) is 4.27. The van der Waals surface area contributed by atoms with Crippen molar-refractivity contribution in [2.45, 2.75) is 57.9 Å². The first-order chi connectivity index (χ1) is 10.5. The van der Waals surface area contributed by atoms with Gasteiger partial charge in [-0.1, -0.05) is 12.8 Å². The number of aliphatic carboxylic acids is 1. The van der Waals surface area contributed by atoms with Crippen LogP contribution >= 0.6 is 0 Å². The van der Waals surface area contributed by atoms with Crippen molar-refractivity contribution in [3.63, 3.8) is 0 Å². The molecule has 0 aromatic carbocycles. The second-order valence-electron chi connectivity index (χ2n) is 6.60. The van der Waals surface area contributed by atoms with E-state index in [-0.39, 0.29) is 0 Å². The van der Waals surface area contributed by atoms with E-state index >= 15 is 0 Å². The number of anilines is 1. The minimum atomic E-state index is -0.874. The molecule has 1 saturated carbocycles. The summed E-state index contributed by atoms with van der Waals surface area (Å²) in [7, 11) is 2.04. The molecule has 5 heteroatoms. The highest BCUT2D eigenvalue weighted by atomic mass is 16.4. The van der Waals surface area contributed by atoms with Gasteiger partial charge in [0.05, 0.1) is 17.1 Å². The molecule has 0 saturated heterocycles. The molecule has 1 aromatic rings. The topological polar surface area (TPSA) is 66.3 Å². The van der Waals surface area contributed by atoms with E-state index in [4.69, 9.17) is 9.97 Å². The van der Waals surface area contributed by atoms with Crippen molar-refractivity contribution >= 4 is 17.9 Å². The van der Waals surface area contributed by atoms with Crippen LogP contribution in [0.1, 0.15) is 62.5 Å². The van der Waals surface area contributed by atoms with E-state index in [2.05, 4.69) is 18.7 Å². The Morgan fingerprint density at radius 3 is 2.59 bits per heavy atom. The lowest BCUT2D eigenvalue weighted by molar-refractivity contribution is -0.132. The van der Waals surface area contributed by atoms with Gasteiger partial charge in [-0.2, -0.15) is 0 Å². The van der Waals surface area contributed by atoms with E-state index in [1.54, 1.807) is 6.08 Å². The Bertz CT molecular complexity index is 631. The molecular formula is C17H23N3O2. The summed E-state index contributed by atoms with van der Waals surface area (Å²) in [5, 5.41) is 9.20. The number of hydrogen-bond acceptors (Lipinski definition) is 4.